The van der Waals surface area contributed by atoms with Crippen LogP contribution in [0.1, 0.15) is 11.1 Å². The summed E-state index contributed by atoms with van der Waals surface area (Å²) in [7, 11) is 0. The molecule has 8 nitrogen and oxygen atoms in total. The lowest BCUT2D eigenvalue weighted by Gasteiger charge is -2.20. The molecule has 0 unspecified atom stereocenters. The summed E-state index contributed by atoms with van der Waals surface area (Å²) in [4.78, 5) is 0. The maximum Gasteiger partial charge on any atom is 0.129 e. The quantitative estimate of drug-likeness (QED) is 0.157. The van der Waals surface area contributed by atoms with Gasteiger partial charge in [0.25, 0.3) is 0 Å². The Morgan fingerprint density at radius 1 is 0.328 bits per heavy atom. The number of hydrogen-bond donors (Lipinski definition) is 2. The zero-order valence-electron chi connectivity index (χ0n) is 32.1. The molecule has 292 valence electrons. The van der Waals surface area contributed by atoms with E-state index in [1.54, 1.807) is 0 Å². The molecule has 4 bridgehead atoms. The van der Waals surface area contributed by atoms with E-state index in [4.69, 9.17) is 28.4 Å². The van der Waals surface area contributed by atoms with Crippen molar-refractivity contribution in [2.75, 3.05) is 52.9 Å². The van der Waals surface area contributed by atoms with Gasteiger partial charge in [0.1, 0.15) is 36.2 Å². The highest BCUT2D eigenvalue weighted by Crippen LogP contribution is 2.48. The fraction of sp³-hybridized carbons (Fsp3) is 0.200. The molecular weight excluding hydrogens is 729 g/mol. The average Bonchev–Trinajstić information content (AvgIpc) is 3.25. The molecule has 2 N–H and O–H groups in total. The smallest absolute Gasteiger partial charge is 0.129 e. The first kappa shape index (κ1) is 37.4. The Balaban J connectivity index is 1.03. The molecule has 0 fully saturated rings. The number of aromatic hydroxyl groups is 2. The summed E-state index contributed by atoms with van der Waals surface area (Å²) in [5, 5.41) is 31.6. The fourth-order valence-corrected chi connectivity index (χ4v) is 8.00. The van der Waals surface area contributed by atoms with E-state index < -0.39 is 0 Å². The van der Waals surface area contributed by atoms with E-state index >= 15 is 0 Å². The van der Waals surface area contributed by atoms with E-state index in [0.29, 0.717) is 75.1 Å². The van der Waals surface area contributed by atoms with Crippen LogP contribution in [0.4, 0.5) is 0 Å². The number of rotatable bonds is 0. The van der Waals surface area contributed by atoms with Gasteiger partial charge in [0.2, 0.25) is 0 Å². The SMILES string of the molecule is Oc1c2cc3ccccc3c1-c1c(O)c(cc3ccccc13)COCCOCCOc1ccc3ccccc3c1-c1c(ccc3ccccc13)OCCOCCOC2. The predicted octanol–water partition coefficient (Wildman–Crippen LogP) is 10.6. The molecule has 0 saturated heterocycles. The molecule has 1 aliphatic heterocycles. The minimum Gasteiger partial charge on any atom is -0.507 e. The Morgan fingerprint density at radius 3 is 1.10 bits per heavy atom. The van der Waals surface area contributed by atoms with Crippen molar-refractivity contribution in [1.29, 1.82) is 0 Å². The standard InChI is InChI=1S/C50H44O8/c51-49-37-29-35-11-3-7-15-41(35)47(49)48-42-16-8-4-12-36(42)30-38(50(48)52)32-56-24-22-54-26-28-58-44-20-18-34-10-2-6-14-40(34)46(44)45-39-13-5-1-9-33(39)17-19-43(45)57-27-25-53-21-23-55-31-37/h1-20,29-30,51-52H,21-28,31-32H2. The first-order valence-corrected chi connectivity index (χ1v) is 19.7. The van der Waals surface area contributed by atoms with Crippen molar-refractivity contribution in [2.45, 2.75) is 13.2 Å². The summed E-state index contributed by atoms with van der Waals surface area (Å²) >= 11 is 0. The van der Waals surface area contributed by atoms with Crippen LogP contribution in [0.2, 0.25) is 0 Å². The summed E-state index contributed by atoms with van der Waals surface area (Å²) in [5.74, 6) is 1.59. The van der Waals surface area contributed by atoms with Gasteiger partial charge in [-0.25, -0.2) is 0 Å². The molecule has 1 heterocycles. The Hall–Kier alpha value is -6.16. The molecule has 8 aromatic carbocycles. The third-order valence-electron chi connectivity index (χ3n) is 10.7. The van der Waals surface area contributed by atoms with E-state index in [2.05, 4.69) is 36.4 Å². The van der Waals surface area contributed by atoms with Gasteiger partial charge in [-0.3, -0.25) is 0 Å². The van der Waals surface area contributed by atoms with Gasteiger partial charge in [-0.15, -0.1) is 0 Å². The van der Waals surface area contributed by atoms with Crippen molar-refractivity contribution in [3.8, 4) is 45.3 Å². The zero-order valence-corrected chi connectivity index (χ0v) is 32.1. The largest absolute Gasteiger partial charge is 0.507 e. The molecular formula is C50H44O8. The van der Waals surface area contributed by atoms with Crippen LogP contribution >= 0.6 is 0 Å². The van der Waals surface area contributed by atoms with Crippen molar-refractivity contribution in [3.05, 3.63) is 145 Å². The second-order valence-electron chi connectivity index (χ2n) is 14.3. The lowest BCUT2D eigenvalue weighted by atomic mass is 9.89. The van der Waals surface area contributed by atoms with Gasteiger partial charge in [0, 0.05) is 33.4 Å². The molecule has 0 saturated carbocycles. The highest BCUT2D eigenvalue weighted by molar-refractivity contribution is 6.11. The zero-order chi connectivity index (χ0) is 39.3. The van der Waals surface area contributed by atoms with Gasteiger partial charge in [-0.1, -0.05) is 109 Å². The molecule has 1 aliphatic rings. The molecule has 0 amide bonds. The van der Waals surface area contributed by atoms with E-state index in [1.165, 1.54) is 0 Å². The van der Waals surface area contributed by atoms with Crippen molar-refractivity contribution < 1.29 is 38.6 Å². The van der Waals surface area contributed by atoms with E-state index in [0.717, 1.165) is 65.7 Å². The Kier molecular flexibility index (Phi) is 11.1. The molecule has 0 atom stereocenters. The van der Waals surface area contributed by atoms with Crippen LogP contribution in [0, 0.1) is 0 Å². The molecule has 0 aliphatic carbocycles. The van der Waals surface area contributed by atoms with Crippen LogP contribution in [0.15, 0.2) is 133 Å². The third kappa shape index (κ3) is 7.51. The van der Waals surface area contributed by atoms with Crippen LogP contribution in [0.5, 0.6) is 23.0 Å². The topological polar surface area (TPSA) is 95.8 Å². The van der Waals surface area contributed by atoms with Crippen molar-refractivity contribution >= 4 is 43.1 Å². The Bertz CT molecular complexity index is 2550. The van der Waals surface area contributed by atoms with Crippen LogP contribution < -0.4 is 9.47 Å². The van der Waals surface area contributed by atoms with Crippen molar-refractivity contribution in [1.82, 2.24) is 0 Å². The molecule has 58 heavy (non-hydrogen) atoms. The second kappa shape index (κ2) is 17.1. The molecule has 8 aromatic rings. The van der Waals surface area contributed by atoms with Crippen LogP contribution in [0.25, 0.3) is 65.3 Å². The lowest BCUT2D eigenvalue weighted by molar-refractivity contribution is 0.0298. The summed E-state index contributed by atoms with van der Waals surface area (Å²) < 4.78 is 37.1. The first-order valence-electron chi connectivity index (χ1n) is 19.7. The summed E-state index contributed by atoms with van der Waals surface area (Å²) in [6.07, 6.45) is 0. The molecule has 0 radical (unpaired) electrons. The Labute approximate surface area is 336 Å². The minimum atomic E-state index is 0.0594. The average molecular weight is 773 g/mol. The first-order chi connectivity index (χ1) is 28.7. The predicted molar refractivity (Wildman–Crippen MR) is 229 cm³/mol. The lowest BCUT2D eigenvalue weighted by Crippen LogP contribution is -2.12. The van der Waals surface area contributed by atoms with Crippen LogP contribution in [-0.2, 0) is 32.2 Å². The van der Waals surface area contributed by atoms with Gasteiger partial charge in [-0.2, -0.15) is 0 Å². The van der Waals surface area contributed by atoms with Gasteiger partial charge < -0.3 is 38.6 Å². The van der Waals surface area contributed by atoms with Crippen LogP contribution in [-0.4, -0.2) is 63.1 Å². The number of phenolic OH excluding ortho intramolecular Hbond substituents is 2. The van der Waals surface area contributed by atoms with Crippen LogP contribution in [0.3, 0.4) is 0 Å². The van der Waals surface area contributed by atoms with E-state index in [1.807, 2.05) is 97.1 Å². The van der Waals surface area contributed by atoms with Crippen molar-refractivity contribution in [2.24, 2.45) is 0 Å². The normalized spacial score (nSPS) is 15.0. The second-order valence-corrected chi connectivity index (χ2v) is 14.3. The molecule has 0 spiro atoms. The highest BCUT2D eigenvalue weighted by Gasteiger charge is 2.23. The number of fused-ring (bicyclic) bond motifs is 16. The third-order valence-corrected chi connectivity index (χ3v) is 10.7. The summed E-state index contributed by atoms with van der Waals surface area (Å²) in [5.41, 5.74) is 4.24. The fourth-order valence-electron chi connectivity index (χ4n) is 8.00. The number of ether oxygens (including phenoxy) is 6. The molecule has 8 heteroatoms. The minimum absolute atomic E-state index is 0.0594. The summed E-state index contributed by atoms with van der Waals surface area (Å²) in [6.45, 7) is 2.96. The number of phenols is 2. The maximum atomic E-state index is 11.9. The van der Waals surface area contributed by atoms with Gasteiger partial charge in [0.05, 0.1) is 52.9 Å². The van der Waals surface area contributed by atoms with Gasteiger partial charge in [-0.05, 0) is 67.4 Å². The number of benzene rings is 8. The maximum absolute atomic E-state index is 11.9. The molecule has 9 rings (SSSR count). The number of hydrogen-bond acceptors (Lipinski definition) is 8. The van der Waals surface area contributed by atoms with E-state index in [-0.39, 0.29) is 24.7 Å². The van der Waals surface area contributed by atoms with Crippen molar-refractivity contribution in [3.63, 3.8) is 0 Å². The summed E-state index contributed by atoms with van der Waals surface area (Å²) in [6, 6.07) is 44.4. The highest BCUT2D eigenvalue weighted by atomic mass is 16.5. The van der Waals surface area contributed by atoms with Gasteiger partial charge in [0.15, 0.2) is 0 Å². The van der Waals surface area contributed by atoms with E-state index in [9.17, 15) is 10.2 Å². The van der Waals surface area contributed by atoms with Gasteiger partial charge >= 0.3 is 0 Å². The monoisotopic (exact) mass is 772 g/mol. The molecule has 0 aromatic heterocycles. The Morgan fingerprint density at radius 2 is 0.672 bits per heavy atom.